The molecule has 0 aromatic heterocycles. The van der Waals surface area contributed by atoms with Crippen molar-refractivity contribution in [3.63, 3.8) is 0 Å². The molecule has 4 heteroatoms. The molecule has 4 nitrogen and oxygen atoms in total. The Morgan fingerprint density at radius 3 is 2.71 bits per heavy atom. The predicted molar refractivity (Wildman–Crippen MR) is 87.5 cm³/mol. The van der Waals surface area contributed by atoms with Gasteiger partial charge in [-0.3, -0.25) is 4.79 Å². The summed E-state index contributed by atoms with van der Waals surface area (Å²) in [6.07, 6.45) is 5.55. The molecule has 0 unspecified atom stereocenters. The van der Waals surface area contributed by atoms with Crippen LogP contribution in [0, 0.1) is 0 Å². The number of unbranched alkanes of at least 4 members (excludes halogenated alkanes) is 2. The fraction of sp³-hybridized carbons (Fsp3) is 0.588. The summed E-state index contributed by atoms with van der Waals surface area (Å²) in [6.45, 7) is 5.66. The van der Waals surface area contributed by atoms with E-state index < -0.39 is 0 Å². The molecule has 0 bridgehead atoms. The zero-order chi connectivity index (χ0) is 15.5. The van der Waals surface area contributed by atoms with Crippen LogP contribution in [0.3, 0.4) is 0 Å². The highest BCUT2D eigenvalue weighted by Gasteiger charge is 2.05. The van der Waals surface area contributed by atoms with Gasteiger partial charge in [-0.25, -0.2) is 0 Å². The normalized spacial score (nSPS) is 10.4. The summed E-state index contributed by atoms with van der Waals surface area (Å²) in [4.78, 5) is 11.7. The number of benzene rings is 1. The molecular weight excluding hydrogens is 264 g/mol. The van der Waals surface area contributed by atoms with Gasteiger partial charge in [0.05, 0.1) is 12.3 Å². The van der Waals surface area contributed by atoms with Crippen molar-refractivity contribution in [2.75, 3.05) is 18.9 Å². The average Bonchev–Trinajstić information content (AvgIpc) is 2.48. The van der Waals surface area contributed by atoms with E-state index in [0.29, 0.717) is 25.1 Å². The van der Waals surface area contributed by atoms with Crippen LogP contribution in [-0.2, 0) is 11.2 Å². The van der Waals surface area contributed by atoms with Crippen LogP contribution in [0.4, 0.5) is 5.69 Å². The van der Waals surface area contributed by atoms with E-state index >= 15 is 0 Å². The van der Waals surface area contributed by atoms with Gasteiger partial charge in [0.1, 0.15) is 5.75 Å². The van der Waals surface area contributed by atoms with Crippen molar-refractivity contribution in [1.29, 1.82) is 0 Å². The number of rotatable bonds is 10. The Hall–Kier alpha value is -1.71. The van der Waals surface area contributed by atoms with E-state index in [4.69, 9.17) is 10.5 Å². The number of nitrogen functional groups attached to an aromatic ring is 1. The van der Waals surface area contributed by atoms with Crippen LogP contribution in [0.15, 0.2) is 18.2 Å². The molecule has 0 spiro atoms. The molecular formula is C17H28N2O2. The minimum absolute atomic E-state index is 0.107. The summed E-state index contributed by atoms with van der Waals surface area (Å²) in [5.41, 5.74) is 7.67. The maximum Gasteiger partial charge on any atom is 0.220 e. The van der Waals surface area contributed by atoms with Crippen molar-refractivity contribution in [3.05, 3.63) is 23.8 Å². The molecule has 1 amide bonds. The van der Waals surface area contributed by atoms with Gasteiger partial charge in [-0.1, -0.05) is 32.8 Å². The molecule has 118 valence electrons. The lowest BCUT2D eigenvalue weighted by Gasteiger charge is -2.10. The molecule has 0 atom stereocenters. The standard InChI is InChI=1S/C17H28N2O2/c1-3-5-6-11-19-17(20)10-8-14-7-9-16(15(18)13-14)21-12-4-2/h7,9,13H,3-6,8,10-12,18H2,1-2H3,(H,19,20). The van der Waals surface area contributed by atoms with E-state index in [2.05, 4.69) is 19.2 Å². The van der Waals surface area contributed by atoms with Gasteiger partial charge >= 0.3 is 0 Å². The van der Waals surface area contributed by atoms with Gasteiger partial charge in [0, 0.05) is 13.0 Å². The third-order valence-electron chi connectivity index (χ3n) is 3.28. The second kappa shape index (κ2) is 10.1. The Morgan fingerprint density at radius 1 is 1.24 bits per heavy atom. The zero-order valence-corrected chi connectivity index (χ0v) is 13.3. The summed E-state index contributed by atoms with van der Waals surface area (Å²) in [6, 6.07) is 5.76. The maximum absolute atomic E-state index is 11.7. The molecule has 1 aromatic carbocycles. The maximum atomic E-state index is 11.7. The fourth-order valence-electron chi connectivity index (χ4n) is 2.05. The molecule has 3 N–H and O–H groups in total. The number of hydrogen-bond acceptors (Lipinski definition) is 3. The Balaban J connectivity index is 2.34. The van der Waals surface area contributed by atoms with Gasteiger partial charge in [-0.15, -0.1) is 0 Å². The predicted octanol–water partition coefficient (Wildman–Crippen LogP) is 3.30. The van der Waals surface area contributed by atoms with Crippen molar-refractivity contribution < 1.29 is 9.53 Å². The molecule has 0 radical (unpaired) electrons. The van der Waals surface area contributed by atoms with E-state index in [9.17, 15) is 4.79 Å². The summed E-state index contributed by atoms with van der Waals surface area (Å²) < 4.78 is 5.54. The SMILES string of the molecule is CCCCCNC(=O)CCc1ccc(OCCC)c(N)c1. The zero-order valence-electron chi connectivity index (χ0n) is 13.3. The first-order chi connectivity index (χ1) is 10.2. The first-order valence-corrected chi connectivity index (χ1v) is 7.95. The van der Waals surface area contributed by atoms with Gasteiger partial charge in [0.15, 0.2) is 0 Å². The molecule has 21 heavy (non-hydrogen) atoms. The van der Waals surface area contributed by atoms with Crippen LogP contribution in [0.2, 0.25) is 0 Å². The van der Waals surface area contributed by atoms with Gasteiger partial charge < -0.3 is 15.8 Å². The molecule has 0 aliphatic rings. The lowest BCUT2D eigenvalue weighted by molar-refractivity contribution is -0.121. The highest BCUT2D eigenvalue weighted by atomic mass is 16.5. The number of ether oxygens (including phenoxy) is 1. The third-order valence-corrected chi connectivity index (χ3v) is 3.28. The minimum atomic E-state index is 0.107. The highest BCUT2D eigenvalue weighted by molar-refractivity contribution is 5.76. The molecule has 0 heterocycles. The van der Waals surface area contributed by atoms with E-state index in [1.54, 1.807) is 0 Å². The Morgan fingerprint density at radius 2 is 2.05 bits per heavy atom. The summed E-state index contributed by atoms with van der Waals surface area (Å²) in [7, 11) is 0. The van der Waals surface area contributed by atoms with Crippen LogP contribution >= 0.6 is 0 Å². The van der Waals surface area contributed by atoms with Crippen LogP contribution in [-0.4, -0.2) is 19.1 Å². The molecule has 0 aliphatic carbocycles. The lowest BCUT2D eigenvalue weighted by Crippen LogP contribution is -2.24. The van der Waals surface area contributed by atoms with Crippen LogP contribution in [0.25, 0.3) is 0 Å². The van der Waals surface area contributed by atoms with E-state index in [0.717, 1.165) is 37.1 Å². The molecule has 0 aliphatic heterocycles. The smallest absolute Gasteiger partial charge is 0.220 e. The Labute approximate surface area is 128 Å². The molecule has 1 rings (SSSR count). The van der Waals surface area contributed by atoms with Gasteiger partial charge in [-0.05, 0) is 37.0 Å². The van der Waals surface area contributed by atoms with E-state index in [1.165, 1.54) is 6.42 Å². The number of carbonyl (C=O) groups excluding carboxylic acids is 1. The second-order valence-corrected chi connectivity index (χ2v) is 5.28. The number of nitrogens with one attached hydrogen (secondary N) is 1. The van der Waals surface area contributed by atoms with Crippen molar-refractivity contribution in [3.8, 4) is 5.75 Å². The monoisotopic (exact) mass is 292 g/mol. The average molecular weight is 292 g/mol. The van der Waals surface area contributed by atoms with Crippen molar-refractivity contribution in [1.82, 2.24) is 5.32 Å². The summed E-state index contributed by atoms with van der Waals surface area (Å²) in [5.74, 6) is 0.834. The molecule has 0 fully saturated rings. The number of amides is 1. The quantitative estimate of drug-likeness (QED) is 0.514. The van der Waals surface area contributed by atoms with Crippen molar-refractivity contribution in [2.24, 2.45) is 0 Å². The number of nitrogens with two attached hydrogens (primary N) is 1. The first-order valence-electron chi connectivity index (χ1n) is 7.95. The van der Waals surface area contributed by atoms with Crippen LogP contribution < -0.4 is 15.8 Å². The number of aryl methyl sites for hydroxylation is 1. The van der Waals surface area contributed by atoms with Crippen LogP contribution in [0.1, 0.15) is 51.5 Å². The summed E-state index contributed by atoms with van der Waals surface area (Å²) >= 11 is 0. The van der Waals surface area contributed by atoms with E-state index in [1.807, 2.05) is 18.2 Å². The molecule has 1 aromatic rings. The first kappa shape index (κ1) is 17.3. The Bertz CT molecular complexity index is 433. The van der Waals surface area contributed by atoms with E-state index in [-0.39, 0.29) is 5.91 Å². The fourth-order valence-corrected chi connectivity index (χ4v) is 2.05. The number of hydrogen-bond donors (Lipinski definition) is 2. The van der Waals surface area contributed by atoms with Gasteiger partial charge in [-0.2, -0.15) is 0 Å². The topological polar surface area (TPSA) is 64.3 Å². The Kier molecular flexibility index (Phi) is 8.32. The molecule has 0 saturated heterocycles. The number of anilines is 1. The lowest BCUT2D eigenvalue weighted by atomic mass is 10.1. The van der Waals surface area contributed by atoms with Crippen molar-refractivity contribution >= 4 is 11.6 Å². The third kappa shape index (κ3) is 7.02. The number of carbonyl (C=O) groups is 1. The van der Waals surface area contributed by atoms with Crippen LogP contribution in [0.5, 0.6) is 5.75 Å². The van der Waals surface area contributed by atoms with Gasteiger partial charge in [0.2, 0.25) is 5.91 Å². The second-order valence-electron chi connectivity index (χ2n) is 5.28. The molecule has 0 saturated carbocycles. The minimum Gasteiger partial charge on any atom is -0.491 e. The van der Waals surface area contributed by atoms with Crippen molar-refractivity contribution in [2.45, 2.75) is 52.4 Å². The summed E-state index contributed by atoms with van der Waals surface area (Å²) in [5, 5.41) is 2.95. The highest BCUT2D eigenvalue weighted by Crippen LogP contribution is 2.23. The van der Waals surface area contributed by atoms with Gasteiger partial charge in [0.25, 0.3) is 0 Å². The largest absolute Gasteiger partial charge is 0.491 e.